The van der Waals surface area contributed by atoms with E-state index in [0.29, 0.717) is 6.54 Å². The minimum Gasteiger partial charge on any atom is -0.472 e. The van der Waals surface area contributed by atoms with Gasteiger partial charge < -0.3 is 21.0 Å². The van der Waals surface area contributed by atoms with Crippen molar-refractivity contribution in [2.24, 2.45) is 10.9 Å². The van der Waals surface area contributed by atoms with Gasteiger partial charge in [-0.15, -0.1) is 0 Å². The summed E-state index contributed by atoms with van der Waals surface area (Å²) in [7, 11) is 0. The first kappa shape index (κ1) is 11.8. The Morgan fingerprint density at radius 2 is 2.44 bits per heavy atom. The summed E-state index contributed by atoms with van der Waals surface area (Å²) < 4.78 is 9.46. The van der Waals surface area contributed by atoms with Gasteiger partial charge >= 0.3 is 0 Å². The van der Waals surface area contributed by atoms with E-state index in [1.165, 1.54) is 6.92 Å². The van der Waals surface area contributed by atoms with Gasteiger partial charge in [0.25, 0.3) is 5.88 Å². The van der Waals surface area contributed by atoms with Crippen LogP contribution in [0.5, 0.6) is 5.88 Å². The van der Waals surface area contributed by atoms with E-state index < -0.39 is 0 Å². The van der Waals surface area contributed by atoms with Crippen LogP contribution in [0, 0.1) is 0 Å². The smallest absolute Gasteiger partial charge is 0.287 e. The SMILES string of the molecule is CC(=O)NCCOc1nonc1/C(N)=N/O. The van der Waals surface area contributed by atoms with Crippen LogP contribution in [0.4, 0.5) is 0 Å². The van der Waals surface area contributed by atoms with Crippen molar-refractivity contribution in [1.29, 1.82) is 0 Å². The van der Waals surface area contributed by atoms with E-state index in [4.69, 9.17) is 15.7 Å². The summed E-state index contributed by atoms with van der Waals surface area (Å²) in [4.78, 5) is 10.5. The molecule has 0 aromatic carbocycles. The molecular formula is C7H11N5O4. The predicted octanol–water partition coefficient (Wildman–Crippen LogP) is -1.32. The Kier molecular flexibility index (Phi) is 4.07. The molecule has 9 heteroatoms. The van der Waals surface area contributed by atoms with Crippen LogP contribution in [-0.2, 0) is 4.79 Å². The van der Waals surface area contributed by atoms with Crippen LogP contribution in [0.1, 0.15) is 12.6 Å². The number of nitrogens with two attached hydrogens (primary N) is 1. The first-order chi connectivity index (χ1) is 7.65. The lowest BCUT2D eigenvalue weighted by molar-refractivity contribution is -0.119. The lowest BCUT2D eigenvalue weighted by Gasteiger charge is -2.03. The maximum Gasteiger partial charge on any atom is 0.287 e. The van der Waals surface area contributed by atoms with Crippen LogP contribution in [0.15, 0.2) is 9.78 Å². The number of amidine groups is 1. The zero-order chi connectivity index (χ0) is 12.0. The van der Waals surface area contributed by atoms with Crippen molar-refractivity contribution in [2.45, 2.75) is 6.92 Å². The summed E-state index contributed by atoms with van der Waals surface area (Å²) in [6.45, 7) is 1.86. The van der Waals surface area contributed by atoms with E-state index in [2.05, 4.69) is 25.4 Å². The fourth-order valence-corrected chi connectivity index (χ4v) is 0.854. The van der Waals surface area contributed by atoms with Gasteiger partial charge in [0.1, 0.15) is 6.61 Å². The van der Waals surface area contributed by atoms with Crippen molar-refractivity contribution in [3.05, 3.63) is 5.69 Å². The molecule has 0 aliphatic carbocycles. The van der Waals surface area contributed by atoms with Gasteiger partial charge in [-0.25, -0.2) is 4.63 Å². The third-order valence-corrected chi connectivity index (χ3v) is 1.52. The summed E-state index contributed by atoms with van der Waals surface area (Å²) in [6.07, 6.45) is 0. The molecule has 0 unspecified atom stereocenters. The standard InChI is InChI=1S/C7H11N5O4/c1-4(13)9-2-3-15-7-5(6(8)10-14)11-16-12-7/h14H,2-3H2,1H3,(H2,8,10)(H,9,13). The number of rotatable bonds is 5. The molecule has 0 aliphatic heterocycles. The zero-order valence-corrected chi connectivity index (χ0v) is 8.51. The number of carbonyl (C=O) groups is 1. The second kappa shape index (κ2) is 5.53. The summed E-state index contributed by atoms with van der Waals surface area (Å²) in [6, 6.07) is 0. The van der Waals surface area contributed by atoms with Gasteiger partial charge in [0.2, 0.25) is 11.6 Å². The average Bonchev–Trinajstić information content (AvgIpc) is 2.71. The second-order valence-corrected chi connectivity index (χ2v) is 2.73. The molecule has 0 fully saturated rings. The first-order valence-electron chi connectivity index (χ1n) is 4.33. The van der Waals surface area contributed by atoms with Gasteiger partial charge in [-0.05, 0) is 10.3 Å². The van der Waals surface area contributed by atoms with Crippen molar-refractivity contribution in [2.75, 3.05) is 13.2 Å². The number of nitrogens with one attached hydrogen (secondary N) is 1. The van der Waals surface area contributed by atoms with Crippen molar-refractivity contribution < 1.29 is 19.4 Å². The fraction of sp³-hybridized carbons (Fsp3) is 0.429. The summed E-state index contributed by atoms with van der Waals surface area (Å²) in [5, 5.41) is 20.5. The van der Waals surface area contributed by atoms with Crippen molar-refractivity contribution >= 4 is 11.7 Å². The predicted molar refractivity (Wildman–Crippen MR) is 51.0 cm³/mol. The lowest BCUT2D eigenvalue weighted by atomic mass is 10.4. The fourth-order valence-electron chi connectivity index (χ4n) is 0.854. The highest BCUT2D eigenvalue weighted by Crippen LogP contribution is 2.11. The number of carbonyl (C=O) groups excluding carboxylic acids is 1. The van der Waals surface area contributed by atoms with Gasteiger partial charge in [-0.2, -0.15) is 0 Å². The Hall–Kier alpha value is -2.32. The van der Waals surface area contributed by atoms with E-state index in [1.807, 2.05) is 0 Å². The monoisotopic (exact) mass is 229 g/mol. The van der Waals surface area contributed by atoms with E-state index >= 15 is 0 Å². The van der Waals surface area contributed by atoms with Crippen LogP contribution in [-0.4, -0.2) is 40.4 Å². The Bertz CT molecular complexity index is 388. The van der Waals surface area contributed by atoms with Gasteiger partial charge in [0.15, 0.2) is 5.84 Å². The van der Waals surface area contributed by atoms with E-state index in [-0.39, 0.29) is 29.9 Å². The molecule has 16 heavy (non-hydrogen) atoms. The Morgan fingerprint density at radius 1 is 1.69 bits per heavy atom. The highest BCUT2D eigenvalue weighted by atomic mass is 16.6. The maximum atomic E-state index is 10.5. The molecule has 4 N–H and O–H groups in total. The maximum absolute atomic E-state index is 10.5. The van der Waals surface area contributed by atoms with Gasteiger partial charge in [0, 0.05) is 6.92 Å². The highest BCUT2D eigenvalue weighted by Gasteiger charge is 2.15. The molecule has 0 saturated heterocycles. The van der Waals surface area contributed by atoms with Gasteiger partial charge in [0.05, 0.1) is 6.54 Å². The van der Waals surface area contributed by atoms with Gasteiger partial charge in [-0.3, -0.25) is 4.79 Å². The largest absolute Gasteiger partial charge is 0.472 e. The number of nitrogens with zero attached hydrogens (tertiary/aromatic N) is 3. The van der Waals surface area contributed by atoms with Crippen LogP contribution in [0.3, 0.4) is 0 Å². The molecule has 0 bridgehead atoms. The third-order valence-electron chi connectivity index (χ3n) is 1.52. The van der Waals surface area contributed by atoms with E-state index in [0.717, 1.165) is 0 Å². The van der Waals surface area contributed by atoms with Crippen molar-refractivity contribution in [3.8, 4) is 5.88 Å². The molecule has 88 valence electrons. The van der Waals surface area contributed by atoms with Crippen LogP contribution in [0.2, 0.25) is 0 Å². The molecule has 1 aromatic rings. The van der Waals surface area contributed by atoms with Crippen LogP contribution < -0.4 is 15.8 Å². The molecule has 1 rings (SSSR count). The minimum absolute atomic E-state index is 0.000604. The summed E-state index contributed by atoms with van der Waals surface area (Å²) in [5.74, 6) is -0.435. The van der Waals surface area contributed by atoms with E-state index in [1.54, 1.807) is 0 Å². The highest BCUT2D eigenvalue weighted by molar-refractivity contribution is 5.96. The molecular weight excluding hydrogens is 218 g/mol. The van der Waals surface area contributed by atoms with Gasteiger partial charge in [-0.1, -0.05) is 5.16 Å². The molecule has 0 spiro atoms. The molecule has 0 atom stereocenters. The number of oxime groups is 1. The van der Waals surface area contributed by atoms with Crippen LogP contribution in [0.25, 0.3) is 0 Å². The molecule has 0 aliphatic rings. The van der Waals surface area contributed by atoms with Crippen molar-refractivity contribution in [1.82, 2.24) is 15.6 Å². The number of hydrogen-bond donors (Lipinski definition) is 3. The summed E-state index contributed by atoms with van der Waals surface area (Å²) >= 11 is 0. The molecule has 1 heterocycles. The lowest BCUT2D eigenvalue weighted by Crippen LogP contribution is -2.26. The first-order valence-corrected chi connectivity index (χ1v) is 4.33. The minimum atomic E-state index is -0.268. The quantitative estimate of drug-likeness (QED) is 0.187. The number of hydrogen-bond acceptors (Lipinski definition) is 7. The normalized spacial score (nSPS) is 11.2. The van der Waals surface area contributed by atoms with Crippen LogP contribution >= 0.6 is 0 Å². The summed E-state index contributed by atoms with van der Waals surface area (Å²) in [5.41, 5.74) is 5.28. The second-order valence-electron chi connectivity index (χ2n) is 2.73. The average molecular weight is 229 g/mol. The Morgan fingerprint density at radius 3 is 3.06 bits per heavy atom. The number of ether oxygens (including phenoxy) is 1. The number of aromatic nitrogens is 2. The zero-order valence-electron chi connectivity index (χ0n) is 8.51. The molecule has 9 nitrogen and oxygen atoms in total. The Labute approximate surface area is 90.2 Å². The Balaban J connectivity index is 2.48. The molecule has 1 aromatic heterocycles. The topological polar surface area (TPSA) is 136 Å². The molecule has 1 amide bonds. The van der Waals surface area contributed by atoms with Crippen molar-refractivity contribution in [3.63, 3.8) is 0 Å². The third kappa shape index (κ3) is 3.12. The molecule has 0 saturated carbocycles. The molecule has 0 radical (unpaired) electrons. The van der Waals surface area contributed by atoms with E-state index in [9.17, 15) is 4.79 Å². The number of amides is 1.